The summed E-state index contributed by atoms with van der Waals surface area (Å²) in [5.41, 5.74) is -2.25. The number of halogens is 3. The summed E-state index contributed by atoms with van der Waals surface area (Å²) < 4.78 is 39.3. The van der Waals surface area contributed by atoms with E-state index in [2.05, 4.69) is 11.9 Å². The Bertz CT molecular complexity index is 532. The molecule has 0 aromatic heterocycles. The van der Waals surface area contributed by atoms with Gasteiger partial charge in [0.15, 0.2) is 5.82 Å². The van der Waals surface area contributed by atoms with Crippen LogP contribution in [0.15, 0.2) is 18.7 Å². The Kier molecular flexibility index (Phi) is 4.03. The van der Waals surface area contributed by atoms with Gasteiger partial charge in [0.1, 0.15) is 0 Å². The molecule has 0 saturated carbocycles. The molecule has 5 nitrogen and oxygen atoms in total. The second-order valence-electron chi connectivity index (χ2n) is 3.14. The maximum atomic E-state index is 13.3. The van der Waals surface area contributed by atoms with Gasteiger partial charge in [-0.3, -0.25) is 14.9 Å². The Labute approximate surface area is 99.1 Å². The predicted octanol–water partition coefficient (Wildman–Crippen LogP) is 1.93. The van der Waals surface area contributed by atoms with E-state index in [1.165, 1.54) is 6.08 Å². The number of hydrogen-bond acceptors (Lipinski definition) is 3. The first kappa shape index (κ1) is 13.7. The van der Waals surface area contributed by atoms with Gasteiger partial charge >= 0.3 is 5.69 Å². The Morgan fingerprint density at radius 2 is 2.00 bits per heavy atom. The third-order valence-corrected chi connectivity index (χ3v) is 1.98. The third kappa shape index (κ3) is 2.47. The molecule has 0 heterocycles. The predicted molar refractivity (Wildman–Crippen MR) is 55.5 cm³/mol. The van der Waals surface area contributed by atoms with E-state index in [1.807, 2.05) is 0 Å². The largest absolute Gasteiger partial charge is 0.348 e. The summed E-state index contributed by atoms with van der Waals surface area (Å²) >= 11 is 0. The standard InChI is InChI=1S/C10H7F3N2O3/c1-2-3-14-10(16)5-4-6(15(17)18)8(12)9(13)7(5)11/h2,4H,1,3H2,(H,14,16). The molecular formula is C10H7F3N2O3. The summed E-state index contributed by atoms with van der Waals surface area (Å²) in [4.78, 5) is 20.5. The van der Waals surface area contributed by atoms with Gasteiger partial charge in [-0.05, 0) is 0 Å². The minimum atomic E-state index is -2.06. The molecule has 0 unspecified atom stereocenters. The second kappa shape index (κ2) is 5.30. The van der Waals surface area contributed by atoms with Gasteiger partial charge in [-0.2, -0.15) is 4.39 Å². The molecule has 1 amide bonds. The van der Waals surface area contributed by atoms with Crippen LogP contribution in [0.5, 0.6) is 0 Å². The van der Waals surface area contributed by atoms with E-state index in [-0.39, 0.29) is 6.54 Å². The maximum absolute atomic E-state index is 13.3. The fraction of sp³-hybridized carbons (Fsp3) is 0.100. The van der Waals surface area contributed by atoms with Crippen molar-refractivity contribution in [1.82, 2.24) is 5.32 Å². The van der Waals surface area contributed by atoms with Gasteiger partial charge in [-0.1, -0.05) is 6.08 Å². The van der Waals surface area contributed by atoms with Crippen LogP contribution in [0.4, 0.5) is 18.9 Å². The first-order valence-electron chi connectivity index (χ1n) is 4.61. The highest BCUT2D eigenvalue weighted by Gasteiger charge is 2.28. The van der Waals surface area contributed by atoms with Crippen molar-refractivity contribution in [2.24, 2.45) is 0 Å². The first-order chi connectivity index (χ1) is 8.40. The molecule has 0 atom stereocenters. The van der Waals surface area contributed by atoms with Crippen LogP contribution < -0.4 is 5.32 Å². The molecule has 0 saturated heterocycles. The van der Waals surface area contributed by atoms with Crippen LogP contribution >= 0.6 is 0 Å². The first-order valence-corrected chi connectivity index (χ1v) is 4.61. The summed E-state index contributed by atoms with van der Waals surface area (Å²) in [6.45, 7) is 3.22. The monoisotopic (exact) mass is 260 g/mol. The van der Waals surface area contributed by atoms with Crippen LogP contribution in [-0.2, 0) is 0 Å². The number of nitro benzene ring substituents is 1. The summed E-state index contributed by atoms with van der Waals surface area (Å²) in [6.07, 6.45) is 1.27. The Balaban J connectivity index is 3.32. The molecule has 0 radical (unpaired) electrons. The SMILES string of the molecule is C=CCNC(=O)c1cc([N+](=O)[O-])c(F)c(F)c1F. The molecule has 0 fully saturated rings. The van der Waals surface area contributed by atoms with Crippen molar-refractivity contribution in [2.45, 2.75) is 0 Å². The molecule has 1 aromatic rings. The molecule has 0 aliphatic carbocycles. The van der Waals surface area contributed by atoms with E-state index in [0.717, 1.165) is 0 Å². The number of hydrogen-bond donors (Lipinski definition) is 1. The molecule has 0 aliphatic rings. The fourth-order valence-corrected chi connectivity index (χ4v) is 1.15. The van der Waals surface area contributed by atoms with Crippen LogP contribution in [0.2, 0.25) is 0 Å². The average Bonchev–Trinajstić information content (AvgIpc) is 2.33. The molecule has 1 aromatic carbocycles. The lowest BCUT2D eigenvalue weighted by Gasteiger charge is -2.05. The Hall–Kier alpha value is -2.38. The molecule has 96 valence electrons. The maximum Gasteiger partial charge on any atom is 0.308 e. The lowest BCUT2D eigenvalue weighted by atomic mass is 10.1. The molecule has 8 heteroatoms. The minimum Gasteiger partial charge on any atom is -0.348 e. The number of nitro groups is 1. The van der Waals surface area contributed by atoms with Crippen LogP contribution in [-0.4, -0.2) is 17.4 Å². The topological polar surface area (TPSA) is 72.2 Å². The van der Waals surface area contributed by atoms with Gasteiger partial charge in [-0.15, -0.1) is 6.58 Å². The van der Waals surface area contributed by atoms with Crippen molar-refractivity contribution in [1.29, 1.82) is 0 Å². The van der Waals surface area contributed by atoms with Crippen molar-refractivity contribution in [2.75, 3.05) is 6.54 Å². The number of nitrogens with zero attached hydrogens (tertiary/aromatic N) is 1. The molecular weight excluding hydrogens is 253 g/mol. The van der Waals surface area contributed by atoms with Crippen molar-refractivity contribution in [3.05, 3.63) is 51.9 Å². The molecule has 0 spiro atoms. The third-order valence-electron chi connectivity index (χ3n) is 1.98. The molecule has 1 rings (SSSR count). The summed E-state index contributed by atoms with van der Waals surface area (Å²) in [5.74, 6) is -6.89. The Morgan fingerprint density at radius 3 is 2.50 bits per heavy atom. The van der Waals surface area contributed by atoms with E-state index >= 15 is 0 Å². The van der Waals surface area contributed by atoms with Crippen molar-refractivity contribution < 1.29 is 22.9 Å². The summed E-state index contributed by atoms with van der Waals surface area (Å²) in [7, 11) is 0. The minimum absolute atomic E-state index is 0.0505. The van der Waals surface area contributed by atoms with Gasteiger partial charge in [0.05, 0.1) is 10.5 Å². The van der Waals surface area contributed by atoms with Crippen molar-refractivity contribution in [3.8, 4) is 0 Å². The van der Waals surface area contributed by atoms with E-state index in [1.54, 1.807) is 0 Å². The van der Waals surface area contributed by atoms with Gasteiger partial charge in [0.25, 0.3) is 5.91 Å². The fourth-order valence-electron chi connectivity index (χ4n) is 1.15. The zero-order valence-corrected chi connectivity index (χ0v) is 8.87. The Morgan fingerprint density at radius 1 is 1.39 bits per heavy atom. The quantitative estimate of drug-likeness (QED) is 0.389. The number of rotatable bonds is 4. The van der Waals surface area contributed by atoms with Gasteiger partial charge < -0.3 is 5.32 Å². The number of carbonyl (C=O) groups is 1. The average molecular weight is 260 g/mol. The lowest BCUT2D eigenvalue weighted by Crippen LogP contribution is -2.25. The zero-order valence-electron chi connectivity index (χ0n) is 8.87. The van der Waals surface area contributed by atoms with Crippen molar-refractivity contribution >= 4 is 11.6 Å². The van der Waals surface area contributed by atoms with Crippen LogP contribution in [0.25, 0.3) is 0 Å². The zero-order chi connectivity index (χ0) is 13.9. The summed E-state index contributed by atoms with van der Waals surface area (Å²) in [6, 6.07) is 0.339. The van der Waals surface area contributed by atoms with Gasteiger partial charge in [0, 0.05) is 12.6 Å². The van der Waals surface area contributed by atoms with E-state index in [0.29, 0.717) is 6.07 Å². The molecule has 0 aliphatic heterocycles. The normalized spacial score (nSPS) is 9.94. The number of nitrogens with one attached hydrogen (secondary N) is 1. The number of benzene rings is 1. The smallest absolute Gasteiger partial charge is 0.308 e. The number of carbonyl (C=O) groups excluding carboxylic acids is 1. The number of amides is 1. The van der Waals surface area contributed by atoms with Crippen LogP contribution in [0.3, 0.4) is 0 Å². The van der Waals surface area contributed by atoms with Gasteiger partial charge in [0.2, 0.25) is 11.6 Å². The highest BCUT2D eigenvalue weighted by molar-refractivity contribution is 5.95. The second-order valence-corrected chi connectivity index (χ2v) is 3.14. The van der Waals surface area contributed by atoms with Crippen LogP contribution in [0.1, 0.15) is 10.4 Å². The molecule has 0 bridgehead atoms. The highest BCUT2D eigenvalue weighted by atomic mass is 19.2. The van der Waals surface area contributed by atoms with E-state index in [9.17, 15) is 28.1 Å². The van der Waals surface area contributed by atoms with E-state index in [4.69, 9.17) is 0 Å². The molecule has 18 heavy (non-hydrogen) atoms. The highest BCUT2D eigenvalue weighted by Crippen LogP contribution is 2.25. The lowest BCUT2D eigenvalue weighted by molar-refractivity contribution is -0.387. The van der Waals surface area contributed by atoms with Gasteiger partial charge in [-0.25, -0.2) is 8.78 Å². The van der Waals surface area contributed by atoms with Crippen LogP contribution in [0, 0.1) is 27.6 Å². The van der Waals surface area contributed by atoms with Crippen molar-refractivity contribution in [3.63, 3.8) is 0 Å². The van der Waals surface area contributed by atoms with E-state index < -0.39 is 39.5 Å². The summed E-state index contributed by atoms with van der Waals surface area (Å²) in [5, 5.41) is 12.5. The molecule has 1 N–H and O–H groups in total.